The summed E-state index contributed by atoms with van der Waals surface area (Å²) in [5, 5.41) is 10.7. The molecule has 0 fully saturated rings. The van der Waals surface area contributed by atoms with E-state index in [-0.39, 0.29) is 11.3 Å². The summed E-state index contributed by atoms with van der Waals surface area (Å²) in [6.07, 6.45) is 8.18. The van der Waals surface area contributed by atoms with Crippen molar-refractivity contribution in [3.63, 3.8) is 0 Å². The number of fused-ring (bicyclic) bond motifs is 3. The van der Waals surface area contributed by atoms with E-state index >= 15 is 0 Å². The third kappa shape index (κ3) is 5.32. The molecule has 11 aromatic carbocycles. The van der Waals surface area contributed by atoms with Crippen LogP contribution in [0.15, 0.2) is 206 Å². The van der Waals surface area contributed by atoms with E-state index in [0.717, 1.165) is 6.42 Å². The second-order valence-electron chi connectivity index (χ2n) is 19.1. The molecule has 14 rings (SSSR count). The standard InChI is InChI=1S/C65H44/c1-65(2)59-37-46(45-14-9-15-47(36-45)51-28-18-43-20-32-55-49(39-10-5-3-6-11-39)26-16-41-22-34-57(51)63(43)61(41)55)24-30-53(59)54-31-25-48(38-60(54)65)52-29-19-44-21-33-56-50(40-12-7-4-8-13-40)27-17-42-23-35-58(52)64(44)62(42)56/h3-20,22-38,50H,21H2,1-2H3. The first-order chi connectivity index (χ1) is 32.0. The van der Waals surface area contributed by atoms with Crippen LogP contribution in [0.1, 0.15) is 53.1 Å². The molecule has 0 heterocycles. The van der Waals surface area contributed by atoms with E-state index in [1.54, 1.807) is 0 Å². The fourth-order valence-corrected chi connectivity index (χ4v) is 12.1. The van der Waals surface area contributed by atoms with E-state index in [1.165, 1.54) is 138 Å². The smallest absolute Gasteiger partial charge is 0.0276 e. The first kappa shape index (κ1) is 36.7. The summed E-state index contributed by atoms with van der Waals surface area (Å²) >= 11 is 0. The highest BCUT2D eigenvalue weighted by molar-refractivity contribution is 6.27. The SMILES string of the molecule is CC1(C)c2cc(-c3cccc(-c4ccc5ccc6c(-c7ccccc7)ccc7ccc4c5c76)c3)ccc2-c2ccc(-c3ccc4c5c6c(ccc35)C=CC(c3ccccc3)C6=CC4)cc21. The van der Waals surface area contributed by atoms with Gasteiger partial charge in [-0.2, -0.15) is 0 Å². The molecule has 1 atom stereocenters. The van der Waals surface area contributed by atoms with Crippen LogP contribution < -0.4 is 0 Å². The van der Waals surface area contributed by atoms with Gasteiger partial charge >= 0.3 is 0 Å². The highest BCUT2D eigenvalue weighted by atomic mass is 14.4. The van der Waals surface area contributed by atoms with Crippen molar-refractivity contribution in [2.75, 3.05) is 0 Å². The lowest BCUT2D eigenvalue weighted by atomic mass is 9.74. The summed E-state index contributed by atoms with van der Waals surface area (Å²) in [4.78, 5) is 0. The number of benzene rings is 11. The molecule has 3 aliphatic carbocycles. The van der Waals surface area contributed by atoms with E-state index < -0.39 is 0 Å². The summed E-state index contributed by atoms with van der Waals surface area (Å²) in [6.45, 7) is 4.83. The van der Waals surface area contributed by atoms with Crippen LogP contribution >= 0.6 is 0 Å². The molecular formula is C65H44. The van der Waals surface area contributed by atoms with Crippen LogP contribution in [0.4, 0.5) is 0 Å². The molecule has 11 aromatic rings. The van der Waals surface area contributed by atoms with Crippen molar-refractivity contribution in [1.82, 2.24) is 0 Å². The molecule has 0 spiro atoms. The molecule has 0 radical (unpaired) electrons. The summed E-state index contributed by atoms with van der Waals surface area (Å²) in [5.41, 5.74) is 22.4. The van der Waals surface area contributed by atoms with Gasteiger partial charge in [0.15, 0.2) is 0 Å². The van der Waals surface area contributed by atoms with E-state index in [2.05, 4.69) is 226 Å². The van der Waals surface area contributed by atoms with Gasteiger partial charge in [0.25, 0.3) is 0 Å². The van der Waals surface area contributed by atoms with Gasteiger partial charge in [-0.25, -0.2) is 0 Å². The van der Waals surface area contributed by atoms with Gasteiger partial charge in [-0.3, -0.25) is 0 Å². The molecule has 3 aliphatic rings. The van der Waals surface area contributed by atoms with E-state index in [1.807, 2.05) is 0 Å². The van der Waals surface area contributed by atoms with Crippen LogP contribution in [-0.4, -0.2) is 0 Å². The Morgan fingerprint density at radius 2 is 0.938 bits per heavy atom. The summed E-state index contributed by atoms with van der Waals surface area (Å²) in [5.74, 6) is 0.277. The zero-order valence-corrected chi connectivity index (χ0v) is 36.5. The molecule has 0 heteroatoms. The summed E-state index contributed by atoms with van der Waals surface area (Å²) in [6, 6.07) is 73.4. The van der Waals surface area contributed by atoms with Gasteiger partial charge in [-0.15, -0.1) is 0 Å². The normalized spacial score (nSPS) is 15.5. The number of hydrogen-bond donors (Lipinski definition) is 0. The van der Waals surface area contributed by atoms with Gasteiger partial charge in [0.1, 0.15) is 0 Å². The van der Waals surface area contributed by atoms with Crippen LogP contribution in [0.3, 0.4) is 0 Å². The Kier molecular flexibility index (Phi) is 7.67. The first-order valence-corrected chi connectivity index (χ1v) is 23.2. The maximum Gasteiger partial charge on any atom is 0.0276 e. The summed E-state index contributed by atoms with van der Waals surface area (Å²) < 4.78 is 0. The molecule has 0 N–H and O–H groups in total. The zero-order valence-electron chi connectivity index (χ0n) is 36.5. The van der Waals surface area contributed by atoms with Gasteiger partial charge in [-0.05, 0) is 162 Å². The predicted octanol–water partition coefficient (Wildman–Crippen LogP) is 17.5. The minimum absolute atomic E-state index is 0.164. The van der Waals surface area contributed by atoms with Crippen LogP contribution in [-0.2, 0) is 11.8 Å². The fourth-order valence-electron chi connectivity index (χ4n) is 12.1. The van der Waals surface area contributed by atoms with Crippen molar-refractivity contribution in [3.8, 4) is 55.6 Å². The van der Waals surface area contributed by atoms with Gasteiger partial charge in [-0.1, -0.05) is 208 Å². The van der Waals surface area contributed by atoms with Gasteiger partial charge in [0, 0.05) is 11.3 Å². The minimum atomic E-state index is -0.164. The van der Waals surface area contributed by atoms with Crippen molar-refractivity contribution >= 4 is 54.7 Å². The average molecular weight is 825 g/mol. The zero-order chi connectivity index (χ0) is 43.0. The lowest BCUT2D eigenvalue weighted by Crippen LogP contribution is -2.15. The molecule has 0 nitrogen and oxygen atoms in total. The molecule has 0 saturated heterocycles. The lowest BCUT2D eigenvalue weighted by Gasteiger charge is -2.30. The Labute approximate surface area is 379 Å². The maximum absolute atomic E-state index is 2.50. The van der Waals surface area contributed by atoms with Crippen molar-refractivity contribution in [2.24, 2.45) is 0 Å². The molecule has 0 saturated carbocycles. The Balaban J connectivity index is 0.831. The molecule has 65 heavy (non-hydrogen) atoms. The van der Waals surface area contributed by atoms with Crippen LogP contribution in [0, 0.1) is 0 Å². The van der Waals surface area contributed by atoms with E-state index in [0.29, 0.717) is 0 Å². The quantitative estimate of drug-likeness (QED) is 0.152. The molecule has 1 unspecified atom stereocenters. The van der Waals surface area contributed by atoms with Crippen molar-refractivity contribution < 1.29 is 0 Å². The van der Waals surface area contributed by atoms with Crippen LogP contribution in [0.5, 0.6) is 0 Å². The fraction of sp³-hybridized carbons (Fsp3) is 0.0769. The summed E-state index contributed by atoms with van der Waals surface area (Å²) in [7, 11) is 0. The van der Waals surface area contributed by atoms with Crippen molar-refractivity contribution in [1.29, 1.82) is 0 Å². The molecule has 0 aromatic heterocycles. The van der Waals surface area contributed by atoms with Gasteiger partial charge in [0.2, 0.25) is 0 Å². The average Bonchev–Trinajstić information content (AvgIpc) is 3.59. The van der Waals surface area contributed by atoms with E-state index in [4.69, 9.17) is 0 Å². The van der Waals surface area contributed by atoms with Crippen LogP contribution in [0.2, 0.25) is 0 Å². The number of allylic oxidation sites excluding steroid dienone is 3. The highest BCUT2D eigenvalue weighted by Gasteiger charge is 2.36. The largest absolute Gasteiger partial charge is 0.0753 e. The van der Waals surface area contributed by atoms with Gasteiger partial charge < -0.3 is 0 Å². The molecule has 304 valence electrons. The predicted molar refractivity (Wildman–Crippen MR) is 277 cm³/mol. The number of rotatable bonds is 5. The van der Waals surface area contributed by atoms with Crippen molar-refractivity contribution in [2.45, 2.75) is 31.6 Å². The topological polar surface area (TPSA) is 0 Å². The third-order valence-corrected chi connectivity index (χ3v) is 15.3. The minimum Gasteiger partial charge on any atom is -0.0753 e. The molecular weight excluding hydrogens is 781 g/mol. The monoisotopic (exact) mass is 824 g/mol. The third-order valence-electron chi connectivity index (χ3n) is 15.3. The number of hydrogen-bond acceptors (Lipinski definition) is 0. The Hall–Kier alpha value is -7.80. The lowest BCUT2D eigenvalue weighted by molar-refractivity contribution is 0.661. The molecule has 0 bridgehead atoms. The Morgan fingerprint density at radius 3 is 1.66 bits per heavy atom. The molecule has 0 amide bonds. The Bertz CT molecular complexity index is 3860. The Morgan fingerprint density at radius 1 is 0.415 bits per heavy atom. The van der Waals surface area contributed by atoms with Crippen molar-refractivity contribution in [3.05, 3.63) is 240 Å². The highest BCUT2D eigenvalue weighted by Crippen LogP contribution is 2.53. The molecule has 0 aliphatic heterocycles. The second-order valence-corrected chi connectivity index (χ2v) is 19.1. The maximum atomic E-state index is 2.50. The van der Waals surface area contributed by atoms with Gasteiger partial charge in [0.05, 0.1) is 0 Å². The first-order valence-electron chi connectivity index (χ1n) is 23.2. The van der Waals surface area contributed by atoms with E-state index in [9.17, 15) is 0 Å². The van der Waals surface area contributed by atoms with Crippen LogP contribution in [0.25, 0.3) is 110 Å². The second kappa shape index (κ2) is 13.6.